The Morgan fingerprint density at radius 2 is 1.83 bits per heavy atom. The van der Waals surface area contributed by atoms with Gasteiger partial charge in [0.1, 0.15) is 11.6 Å². The molecule has 0 N–H and O–H groups in total. The number of rotatable bonds is 3. The molecule has 2 aromatic rings. The Morgan fingerprint density at radius 3 is 2.50 bits per heavy atom. The zero-order chi connectivity index (χ0) is 13.1. The highest BCUT2D eigenvalue weighted by Crippen LogP contribution is 2.28. The minimum Gasteiger partial charge on any atom is -0.265 e. The summed E-state index contributed by atoms with van der Waals surface area (Å²) < 4.78 is 26.8. The topological polar surface area (TPSA) is 12.9 Å². The molecule has 0 spiro atoms. The zero-order valence-corrected chi connectivity index (χ0v) is 10.6. The molecule has 0 fully saturated rings. The van der Waals surface area contributed by atoms with Crippen LogP contribution in [0.3, 0.4) is 0 Å². The van der Waals surface area contributed by atoms with Crippen LogP contribution in [-0.2, 0) is 6.42 Å². The molecule has 0 aliphatic rings. The van der Waals surface area contributed by atoms with Crippen LogP contribution >= 0.6 is 11.6 Å². The van der Waals surface area contributed by atoms with Crippen LogP contribution in [0.15, 0.2) is 36.7 Å². The summed E-state index contributed by atoms with van der Waals surface area (Å²) in [5, 5.41) is -0.522. The molecule has 0 amide bonds. The van der Waals surface area contributed by atoms with Crippen LogP contribution in [0, 0.1) is 18.6 Å². The second-order valence-electron chi connectivity index (χ2n) is 4.15. The molecule has 1 unspecified atom stereocenters. The summed E-state index contributed by atoms with van der Waals surface area (Å²) in [6.07, 6.45) is 3.79. The maximum Gasteiger partial charge on any atom is 0.130 e. The highest BCUT2D eigenvalue weighted by molar-refractivity contribution is 6.20. The Bertz CT molecular complexity index is 543. The lowest BCUT2D eigenvalue weighted by Crippen LogP contribution is -2.01. The summed E-state index contributed by atoms with van der Waals surface area (Å²) >= 11 is 6.19. The Labute approximate surface area is 109 Å². The fourth-order valence-corrected chi connectivity index (χ4v) is 2.10. The van der Waals surface area contributed by atoms with E-state index in [0.717, 1.165) is 11.6 Å². The minimum absolute atomic E-state index is 0.326. The third-order valence-corrected chi connectivity index (χ3v) is 3.17. The van der Waals surface area contributed by atoms with Gasteiger partial charge in [0.2, 0.25) is 0 Å². The van der Waals surface area contributed by atoms with Gasteiger partial charge in [0, 0.05) is 24.0 Å². The number of alkyl halides is 1. The first kappa shape index (κ1) is 13.0. The van der Waals surface area contributed by atoms with Gasteiger partial charge in [-0.1, -0.05) is 0 Å². The normalized spacial score (nSPS) is 12.4. The van der Waals surface area contributed by atoms with Crippen LogP contribution in [0.2, 0.25) is 0 Å². The summed E-state index contributed by atoms with van der Waals surface area (Å²) in [4.78, 5) is 3.90. The maximum atomic E-state index is 13.6. The molecule has 2 rings (SSSR count). The minimum atomic E-state index is -0.604. The summed E-state index contributed by atoms with van der Waals surface area (Å²) in [5.74, 6) is -1.16. The fourth-order valence-electron chi connectivity index (χ4n) is 1.76. The van der Waals surface area contributed by atoms with E-state index in [-0.39, 0.29) is 0 Å². The Kier molecular flexibility index (Phi) is 3.92. The first-order valence-electron chi connectivity index (χ1n) is 5.56. The highest BCUT2D eigenvalue weighted by Gasteiger charge is 2.16. The van der Waals surface area contributed by atoms with Crippen molar-refractivity contribution in [1.29, 1.82) is 0 Å². The van der Waals surface area contributed by atoms with E-state index in [9.17, 15) is 8.78 Å². The van der Waals surface area contributed by atoms with Crippen molar-refractivity contribution in [2.75, 3.05) is 0 Å². The summed E-state index contributed by atoms with van der Waals surface area (Å²) in [6, 6.07) is 5.99. The molecule has 94 valence electrons. The van der Waals surface area contributed by atoms with Gasteiger partial charge in [-0.05, 0) is 42.7 Å². The first-order chi connectivity index (χ1) is 8.58. The van der Waals surface area contributed by atoms with Crippen LogP contribution in [0.1, 0.15) is 22.1 Å². The standard InChI is InChI=1S/C14H12ClF2N/c1-9-6-11(14(17)8-13(9)16)12(15)7-10-2-4-18-5-3-10/h2-6,8,12H,7H2,1H3. The number of hydrogen-bond donors (Lipinski definition) is 0. The molecule has 18 heavy (non-hydrogen) atoms. The molecule has 0 saturated carbocycles. The molecular formula is C14H12ClF2N. The predicted octanol–water partition coefficient (Wildman–Crippen LogP) is 4.19. The second-order valence-corrected chi connectivity index (χ2v) is 4.68. The molecular weight excluding hydrogens is 256 g/mol. The van der Waals surface area contributed by atoms with Gasteiger partial charge in [-0.25, -0.2) is 8.78 Å². The van der Waals surface area contributed by atoms with Crippen molar-refractivity contribution in [1.82, 2.24) is 4.98 Å². The average Bonchev–Trinajstić information content (AvgIpc) is 2.35. The van der Waals surface area contributed by atoms with E-state index in [2.05, 4.69) is 4.98 Å². The summed E-state index contributed by atoms with van der Waals surface area (Å²) in [5.41, 5.74) is 1.69. The molecule has 0 aliphatic carbocycles. The Hall–Kier alpha value is -1.48. The quantitative estimate of drug-likeness (QED) is 0.760. The molecule has 1 aromatic carbocycles. The van der Waals surface area contributed by atoms with Crippen LogP contribution in [0.4, 0.5) is 8.78 Å². The molecule has 0 bridgehead atoms. The molecule has 0 radical (unpaired) electrons. The van der Waals surface area contributed by atoms with Crippen LogP contribution in [-0.4, -0.2) is 4.98 Å². The van der Waals surface area contributed by atoms with Crippen molar-refractivity contribution < 1.29 is 8.78 Å². The van der Waals surface area contributed by atoms with E-state index in [1.54, 1.807) is 19.3 Å². The van der Waals surface area contributed by atoms with Gasteiger partial charge in [-0.2, -0.15) is 0 Å². The first-order valence-corrected chi connectivity index (χ1v) is 6.00. The van der Waals surface area contributed by atoms with Gasteiger partial charge < -0.3 is 0 Å². The van der Waals surface area contributed by atoms with Crippen molar-refractivity contribution in [2.24, 2.45) is 0 Å². The monoisotopic (exact) mass is 267 g/mol. The van der Waals surface area contributed by atoms with Gasteiger partial charge >= 0.3 is 0 Å². The van der Waals surface area contributed by atoms with E-state index >= 15 is 0 Å². The molecule has 1 aromatic heterocycles. The van der Waals surface area contributed by atoms with E-state index in [4.69, 9.17) is 11.6 Å². The Balaban J connectivity index is 2.24. The van der Waals surface area contributed by atoms with Crippen LogP contribution in [0.5, 0.6) is 0 Å². The molecule has 4 heteroatoms. The number of hydrogen-bond acceptors (Lipinski definition) is 1. The largest absolute Gasteiger partial charge is 0.265 e. The van der Waals surface area contributed by atoms with E-state index in [1.165, 1.54) is 6.07 Å². The lowest BCUT2D eigenvalue weighted by Gasteiger charge is -2.12. The van der Waals surface area contributed by atoms with Gasteiger partial charge in [0.05, 0.1) is 5.38 Å². The van der Waals surface area contributed by atoms with E-state index in [1.807, 2.05) is 12.1 Å². The Morgan fingerprint density at radius 1 is 1.17 bits per heavy atom. The highest BCUT2D eigenvalue weighted by atomic mass is 35.5. The average molecular weight is 268 g/mol. The summed E-state index contributed by atoms with van der Waals surface area (Å²) in [7, 11) is 0. The van der Waals surface area contributed by atoms with Gasteiger partial charge in [-0.3, -0.25) is 4.98 Å². The van der Waals surface area contributed by atoms with Gasteiger partial charge in [0.15, 0.2) is 0 Å². The number of aromatic nitrogens is 1. The molecule has 1 atom stereocenters. The van der Waals surface area contributed by atoms with Crippen molar-refractivity contribution in [3.63, 3.8) is 0 Å². The predicted molar refractivity (Wildman–Crippen MR) is 67.6 cm³/mol. The lowest BCUT2D eigenvalue weighted by atomic mass is 10.0. The van der Waals surface area contributed by atoms with Crippen molar-refractivity contribution in [3.05, 3.63) is 65.0 Å². The number of halogens is 3. The smallest absolute Gasteiger partial charge is 0.130 e. The third-order valence-electron chi connectivity index (χ3n) is 2.78. The third kappa shape index (κ3) is 2.85. The van der Waals surface area contributed by atoms with Crippen LogP contribution < -0.4 is 0 Å². The number of nitrogens with zero attached hydrogens (tertiary/aromatic N) is 1. The number of benzene rings is 1. The van der Waals surface area contributed by atoms with Gasteiger partial charge in [-0.15, -0.1) is 11.6 Å². The molecule has 0 saturated heterocycles. The second kappa shape index (κ2) is 5.44. The van der Waals surface area contributed by atoms with Gasteiger partial charge in [0.25, 0.3) is 0 Å². The zero-order valence-electron chi connectivity index (χ0n) is 9.83. The fraction of sp³-hybridized carbons (Fsp3) is 0.214. The van der Waals surface area contributed by atoms with Crippen LogP contribution in [0.25, 0.3) is 0 Å². The molecule has 0 aliphatic heterocycles. The molecule has 1 heterocycles. The van der Waals surface area contributed by atoms with E-state index < -0.39 is 17.0 Å². The maximum absolute atomic E-state index is 13.6. The molecule has 1 nitrogen and oxygen atoms in total. The number of pyridine rings is 1. The van der Waals surface area contributed by atoms with Crippen molar-refractivity contribution in [3.8, 4) is 0 Å². The van der Waals surface area contributed by atoms with E-state index in [0.29, 0.717) is 17.5 Å². The SMILES string of the molecule is Cc1cc(C(Cl)Cc2ccncc2)c(F)cc1F. The summed E-state index contributed by atoms with van der Waals surface area (Å²) in [6.45, 7) is 1.59. The van der Waals surface area contributed by atoms with Crippen molar-refractivity contribution in [2.45, 2.75) is 18.7 Å². The lowest BCUT2D eigenvalue weighted by molar-refractivity contribution is 0.564. The number of aryl methyl sites for hydroxylation is 1. The van der Waals surface area contributed by atoms with Crippen molar-refractivity contribution >= 4 is 11.6 Å².